The Balaban J connectivity index is 3.41. The van der Waals surface area contributed by atoms with Crippen LogP contribution in [0.25, 0.3) is 0 Å². The lowest BCUT2D eigenvalue weighted by Gasteiger charge is -2.36. The molecule has 1 aromatic carbocycles. The molecule has 20 heavy (non-hydrogen) atoms. The van der Waals surface area contributed by atoms with Crippen LogP contribution in [0.15, 0.2) is 18.2 Å². The number of alkyl halides is 3. The summed E-state index contributed by atoms with van der Waals surface area (Å²) in [6, 6.07) is 5.07. The van der Waals surface area contributed by atoms with Crippen molar-refractivity contribution in [1.29, 1.82) is 0 Å². The van der Waals surface area contributed by atoms with Gasteiger partial charge in [0.05, 0.1) is 0 Å². The Morgan fingerprint density at radius 2 is 1.60 bits per heavy atom. The second-order valence-electron chi connectivity index (χ2n) is 6.54. The summed E-state index contributed by atoms with van der Waals surface area (Å²) >= 11 is 0. The minimum Gasteiger partial charge on any atom is -0.508 e. The molecule has 0 aliphatic heterocycles. The van der Waals surface area contributed by atoms with E-state index in [-0.39, 0.29) is 11.2 Å². The average molecular weight is 305 g/mol. The van der Waals surface area contributed by atoms with Crippen molar-refractivity contribution < 1.29 is 18.3 Å². The first-order valence-corrected chi connectivity index (χ1v) is 9.38. The number of phenols is 1. The van der Waals surface area contributed by atoms with Crippen molar-refractivity contribution in [2.75, 3.05) is 7.05 Å². The minimum atomic E-state index is -4.40. The SMILES string of the molecule is CN(C(F)(F)F)[Si](C)(C)c1cccc(C(C)(C)C)c1O. The quantitative estimate of drug-likeness (QED) is 0.667. The van der Waals surface area contributed by atoms with Crippen LogP contribution >= 0.6 is 0 Å². The molecule has 1 aromatic rings. The van der Waals surface area contributed by atoms with Crippen molar-refractivity contribution in [1.82, 2.24) is 4.57 Å². The normalized spacial score (nSPS) is 13.9. The fraction of sp³-hybridized carbons (Fsp3) is 0.571. The third kappa shape index (κ3) is 3.17. The Hall–Kier alpha value is -1.01. The molecular weight excluding hydrogens is 283 g/mol. The van der Waals surface area contributed by atoms with Gasteiger partial charge in [0.25, 0.3) is 0 Å². The third-order valence-electron chi connectivity index (χ3n) is 3.72. The molecule has 0 radical (unpaired) electrons. The Labute approximate surface area is 119 Å². The first-order valence-electron chi connectivity index (χ1n) is 6.43. The molecule has 114 valence electrons. The summed E-state index contributed by atoms with van der Waals surface area (Å²) in [5, 5.41) is 10.8. The molecule has 0 atom stereocenters. The second-order valence-corrected chi connectivity index (χ2v) is 10.9. The van der Waals surface area contributed by atoms with Crippen LogP contribution in [-0.4, -0.2) is 31.3 Å². The van der Waals surface area contributed by atoms with E-state index in [1.165, 1.54) is 0 Å². The lowest BCUT2D eigenvalue weighted by molar-refractivity contribution is -0.207. The average Bonchev–Trinajstić information content (AvgIpc) is 2.25. The summed E-state index contributed by atoms with van der Waals surface area (Å²) in [6.07, 6.45) is -4.40. The zero-order chi connectivity index (χ0) is 15.9. The number of phenolic OH excluding ortho intramolecular Hbond substituents is 1. The van der Waals surface area contributed by atoms with E-state index in [9.17, 15) is 18.3 Å². The van der Waals surface area contributed by atoms with Crippen molar-refractivity contribution >= 4 is 13.4 Å². The van der Waals surface area contributed by atoms with E-state index >= 15 is 0 Å². The maximum absolute atomic E-state index is 13.0. The Morgan fingerprint density at radius 1 is 1.10 bits per heavy atom. The molecule has 1 N–H and O–H groups in total. The van der Waals surface area contributed by atoms with E-state index in [0.29, 0.717) is 15.3 Å². The Morgan fingerprint density at radius 3 is 2.00 bits per heavy atom. The molecule has 0 saturated carbocycles. The van der Waals surface area contributed by atoms with Gasteiger partial charge in [-0.25, -0.2) is 4.57 Å². The predicted molar refractivity (Wildman–Crippen MR) is 77.7 cm³/mol. The van der Waals surface area contributed by atoms with Gasteiger partial charge in [-0.3, -0.25) is 0 Å². The molecule has 0 fully saturated rings. The van der Waals surface area contributed by atoms with Gasteiger partial charge in [-0.1, -0.05) is 52.1 Å². The smallest absolute Gasteiger partial charge is 0.453 e. The highest BCUT2D eigenvalue weighted by molar-refractivity contribution is 6.88. The molecule has 0 aliphatic carbocycles. The van der Waals surface area contributed by atoms with Crippen molar-refractivity contribution in [3.8, 4) is 5.75 Å². The van der Waals surface area contributed by atoms with Crippen LogP contribution in [0.4, 0.5) is 13.2 Å². The zero-order valence-electron chi connectivity index (χ0n) is 12.8. The van der Waals surface area contributed by atoms with E-state index < -0.39 is 14.5 Å². The van der Waals surface area contributed by atoms with Crippen LogP contribution < -0.4 is 5.19 Å². The molecule has 2 nitrogen and oxygen atoms in total. The van der Waals surface area contributed by atoms with Crippen molar-refractivity contribution in [3.63, 3.8) is 0 Å². The fourth-order valence-electron chi connectivity index (χ4n) is 2.14. The number of para-hydroxylation sites is 1. The van der Waals surface area contributed by atoms with Gasteiger partial charge in [-0.2, -0.15) is 13.2 Å². The summed E-state index contributed by atoms with van der Waals surface area (Å²) < 4.78 is 39.4. The maximum atomic E-state index is 13.0. The van der Waals surface area contributed by atoms with Crippen LogP contribution in [0.5, 0.6) is 5.75 Å². The molecule has 0 amide bonds. The summed E-state index contributed by atoms with van der Waals surface area (Å²) in [4.78, 5) is 0. The molecule has 0 unspecified atom stereocenters. The number of aromatic hydroxyl groups is 1. The second kappa shape index (κ2) is 5.07. The fourth-order valence-corrected chi connectivity index (χ4v) is 4.35. The van der Waals surface area contributed by atoms with Gasteiger partial charge in [0.1, 0.15) is 5.75 Å². The molecule has 0 spiro atoms. The number of halogens is 3. The first-order chi connectivity index (χ1) is 8.79. The Bertz CT molecular complexity index is 492. The van der Waals surface area contributed by atoms with Gasteiger partial charge in [-0.15, -0.1) is 0 Å². The number of hydrogen-bond donors (Lipinski definition) is 1. The number of hydrogen-bond acceptors (Lipinski definition) is 2. The highest BCUT2D eigenvalue weighted by Gasteiger charge is 2.46. The van der Waals surface area contributed by atoms with Gasteiger partial charge in [0.2, 0.25) is 0 Å². The highest BCUT2D eigenvalue weighted by atomic mass is 28.3. The number of benzene rings is 1. The minimum absolute atomic E-state index is 0.00670. The van der Waals surface area contributed by atoms with E-state index in [1.807, 2.05) is 20.8 Å². The van der Waals surface area contributed by atoms with E-state index in [0.717, 1.165) is 7.05 Å². The summed E-state index contributed by atoms with van der Waals surface area (Å²) in [6.45, 7) is 8.94. The maximum Gasteiger partial charge on any atom is 0.453 e. The summed E-state index contributed by atoms with van der Waals surface area (Å²) in [5.41, 5.74) is 0.354. The highest BCUT2D eigenvalue weighted by Crippen LogP contribution is 2.33. The van der Waals surface area contributed by atoms with Crippen LogP contribution in [0.3, 0.4) is 0 Å². The Kier molecular flexibility index (Phi) is 4.32. The number of rotatable bonds is 2. The molecular formula is C14H22F3NOSi. The van der Waals surface area contributed by atoms with Crippen molar-refractivity contribution in [3.05, 3.63) is 23.8 Å². The standard InChI is InChI=1S/C14H22F3NOSi/c1-13(2,3)10-8-7-9-11(12(10)19)20(5,6)18(4)14(15,16)17/h7-9,19H,1-6H3. The summed E-state index contributed by atoms with van der Waals surface area (Å²) in [5.74, 6) is -0.00670. The molecule has 0 heterocycles. The first kappa shape index (κ1) is 17.0. The molecule has 6 heteroatoms. The molecule has 0 bridgehead atoms. The zero-order valence-corrected chi connectivity index (χ0v) is 13.8. The van der Waals surface area contributed by atoms with Gasteiger partial charge in [0.15, 0.2) is 8.24 Å². The lowest BCUT2D eigenvalue weighted by Crippen LogP contribution is -2.61. The topological polar surface area (TPSA) is 23.5 Å². The molecule has 0 aromatic heterocycles. The van der Waals surface area contributed by atoms with Crippen LogP contribution in [0, 0.1) is 0 Å². The molecule has 1 rings (SSSR count). The van der Waals surface area contributed by atoms with E-state index in [4.69, 9.17) is 0 Å². The van der Waals surface area contributed by atoms with Gasteiger partial charge in [-0.05, 0) is 23.2 Å². The predicted octanol–water partition coefficient (Wildman–Crippen LogP) is 3.55. The van der Waals surface area contributed by atoms with Gasteiger partial charge < -0.3 is 5.11 Å². The van der Waals surface area contributed by atoms with Crippen molar-refractivity contribution in [2.24, 2.45) is 0 Å². The lowest BCUT2D eigenvalue weighted by atomic mass is 9.86. The van der Waals surface area contributed by atoms with Crippen LogP contribution in [0.2, 0.25) is 13.1 Å². The monoisotopic (exact) mass is 305 g/mol. The summed E-state index contributed by atoms with van der Waals surface area (Å²) in [7, 11) is -1.96. The third-order valence-corrected chi connectivity index (χ3v) is 7.37. The van der Waals surface area contributed by atoms with Crippen LogP contribution in [0.1, 0.15) is 26.3 Å². The molecule has 0 saturated heterocycles. The van der Waals surface area contributed by atoms with E-state index in [2.05, 4.69) is 0 Å². The van der Waals surface area contributed by atoms with Gasteiger partial charge >= 0.3 is 6.30 Å². The molecule has 0 aliphatic rings. The van der Waals surface area contributed by atoms with Crippen LogP contribution in [-0.2, 0) is 5.41 Å². The largest absolute Gasteiger partial charge is 0.508 e. The van der Waals surface area contributed by atoms with Gasteiger partial charge in [0, 0.05) is 0 Å². The van der Waals surface area contributed by atoms with Crippen molar-refractivity contribution in [2.45, 2.75) is 45.6 Å². The number of nitrogens with zero attached hydrogens (tertiary/aromatic N) is 1. The van der Waals surface area contributed by atoms with E-state index in [1.54, 1.807) is 31.3 Å².